The van der Waals surface area contributed by atoms with Crippen LogP contribution < -0.4 is 9.80 Å². The maximum absolute atomic E-state index is 14.2. The highest BCUT2D eigenvalue weighted by atomic mass is 19.4. The van der Waals surface area contributed by atoms with Crippen LogP contribution in [0.25, 0.3) is 0 Å². The summed E-state index contributed by atoms with van der Waals surface area (Å²) in [4.78, 5) is 41.3. The molecule has 0 bridgehead atoms. The molecule has 1 aromatic carbocycles. The topological polar surface area (TPSA) is 102 Å². The van der Waals surface area contributed by atoms with Crippen molar-refractivity contribution < 1.29 is 32.6 Å². The molecule has 2 fully saturated rings. The lowest BCUT2D eigenvalue weighted by Crippen LogP contribution is -2.46. The van der Waals surface area contributed by atoms with Gasteiger partial charge in [0.2, 0.25) is 5.95 Å². The van der Waals surface area contributed by atoms with Crippen molar-refractivity contribution in [1.82, 2.24) is 19.8 Å². The van der Waals surface area contributed by atoms with E-state index in [1.165, 1.54) is 6.08 Å². The van der Waals surface area contributed by atoms with E-state index < -0.39 is 29.8 Å². The van der Waals surface area contributed by atoms with Gasteiger partial charge < -0.3 is 29.4 Å². The first-order chi connectivity index (χ1) is 21.1. The molecule has 0 radical (unpaired) electrons. The molecule has 1 unspecified atom stereocenters. The van der Waals surface area contributed by atoms with Crippen LogP contribution in [0, 0.1) is 0 Å². The third kappa shape index (κ3) is 5.91. The molecule has 1 aromatic heterocycles. The second-order valence-corrected chi connectivity index (χ2v) is 11.6. The highest BCUT2D eigenvalue weighted by molar-refractivity contribution is 5.94. The number of fused-ring (bicyclic) bond motifs is 1. The fourth-order valence-corrected chi connectivity index (χ4v) is 6.82. The maximum atomic E-state index is 14.2. The molecule has 1 atom stereocenters. The Morgan fingerprint density at radius 1 is 1.05 bits per heavy atom. The van der Waals surface area contributed by atoms with E-state index in [2.05, 4.69) is 19.5 Å². The number of aromatic nitrogens is 2. The first-order valence-electron chi connectivity index (χ1n) is 15.0. The zero-order valence-corrected chi connectivity index (χ0v) is 24.5. The van der Waals surface area contributed by atoms with Crippen molar-refractivity contribution in [2.75, 3.05) is 49.6 Å². The smallest absolute Gasteiger partial charge is 0.449 e. The van der Waals surface area contributed by atoms with Gasteiger partial charge in [-0.3, -0.25) is 4.79 Å². The van der Waals surface area contributed by atoms with Gasteiger partial charge in [0.15, 0.2) is 11.5 Å². The number of aryl methyl sites for hydroxylation is 1. The van der Waals surface area contributed by atoms with Crippen LogP contribution in [0.1, 0.15) is 59.6 Å². The number of hydrogen-bond acceptors (Lipinski definition) is 8. The van der Waals surface area contributed by atoms with Gasteiger partial charge in [-0.2, -0.15) is 18.2 Å². The number of piperidine rings is 1. The Bertz CT molecular complexity index is 1480. The van der Waals surface area contributed by atoms with E-state index in [1.54, 1.807) is 30.3 Å². The van der Waals surface area contributed by atoms with Gasteiger partial charge in [0.25, 0.3) is 5.91 Å². The average Bonchev–Trinajstić information content (AvgIpc) is 3.70. The molecule has 1 N–H and O–H groups in total. The van der Waals surface area contributed by atoms with Gasteiger partial charge in [0, 0.05) is 57.6 Å². The molecule has 0 spiro atoms. The largest absolute Gasteiger partial charge is 0.511 e. The second-order valence-electron chi connectivity index (χ2n) is 11.6. The Morgan fingerprint density at radius 2 is 1.80 bits per heavy atom. The number of carbonyl (C=O) groups excluding carboxylic acids is 1. The number of amides is 1. The molecule has 4 aliphatic rings. The van der Waals surface area contributed by atoms with Gasteiger partial charge in [-0.1, -0.05) is 12.1 Å². The highest BCUT2D eigenvalue weighted by Gasteiger charge is 2.46. The van der Waals surface area contributed by atoms with Crippen LogP contribution >= 0.6 is 0 Å². The number of rotatable bonds is 6. The Labute approximate surface area is 253 Å². The predicted octanol–water partition coefficient (Wildman–Crippen LogP) is 5.15. The molecule has 44 heavy (non-hydrogen) atoms. The molecule has 2 aromatic rings. The standard InChI is InChI=1S/C31H35F3N6O4/c1-37(22-11-17-38(18-12-22)26-10-13-35-29(36-26)39-14-2-3-15-39)28(41)21-7-6-20-8-9-24(23(20)19-21)40-16-4-5-25(44-30(42)43)27(40)31(32,33)34/h4-7,10,13,19,22,24H,2-3,8-9,11-12,14-18H2,1H3,(H,42,43). The van der Waals surface area contributed by atoms with E-state index in [-0.39, 0.29) is 18.5 Å². The van der Waals surface area contributed by atoms with Gasteiger partial charge >= 0.3 is 12.3 Å². The number of carbonyl (C=O) groups is 2. The zero-order valence-electron chi connectivity index (χ0n) is 24.5. The van der Waals surface area contributed by atoms with Crippen LogP contribution in [0.2, 0.25) is 0 Å². The van der Waals surface area contributed by atoms with Gasteiger partial charge in [0.1, 0.15) is 5.82 Å². The molecule has 6 rings (SSSR count). The first-order valence-corrected chi connectivity index (χ1v) is 15.0. The number of nitrogens with zero attached hydrogens (tertiary/aromatic N) is 6. The number of ether oxygens (including phenoxy) is 1. The lowest BCUT2D eigenvalue weighted by atomic mass is 9.99. The maximum Gasteiger partial charge on any atom is 0.511 e. The van der Waals surface area contributed by atoms with E-state index in [0.717, 1.165) is 80.2 Å². The van der Waals surface area contributed by atoms with E-state index in [9.17, 15) is 22.8 Å². The molecule has 2 saturated heterocycles. The molecular weight excluding hydrogens is 577 g/mol. The van der Waals surface area contributed by atoms with Crippen LogP contribution in [0.15, 0.2) is 54.1 Å². The Hall–Kier alpha value is -4.29. The van der Waals surface area contributed by atoms with Gasteiger partial charge in [-0.05, 0) is 73.9 Å². The van der Waals surface area contributed by atoms with Crippen LogP contribution in [-0.4, -0.2) is 88.9 Å². The minimum atomic E-state index is -4.83. The summed E-state index contributed by atoms with van der Waals surface area (Å²) in [5, 5.41) is 9.01. The van der Waals surface area contributed by atoms with E-state index >= 15 is 0 Å². The van der Waals surface area contributed by atoms with E-state index in [4.69, 9.17) is 10.1 Å². The van der Waals surface area contributed by atoms with Crippen molar-refractivity contribution >= 4 is 23.8 Å². The molecule has 0 saturated carbocycles. The number of alkyl halides is 3. The van der Waals surface area contributed by atoms with E-state index in [1.807, 2.05) is 12.1 Å². The normalized spacial score (nSPS) is 20.7. The fourth-order valence-electron chi connectivity index (χ4n) is 6.82. The summed E-state index contributed by atoms with van der Waals surface area (Å²) in [6.45, 7) is 3.35. The molecule has 13 heteroatoms. The van der Waals surface area contributed by atoms with Crippen LogP contribution in [-0.2, 0) is 11.2 Å². The van der Waals surface area contributed by atoms with Crippen molar-refractivity contribution in [3.8, 4) is 0 Å². The molecule has 10 nitrogen and oxygen atoms in total. The highest BCUT2D eigenvalue weighted by Crippen LogP contribution is 2.44. The number of halogens is 3. The summed E-state index contributed by atoms with van der Waals surface area (Å²) in [7, 11) is 1.78. The third-order valence-electron chi connectivity index (χ3n) is 9.05. The quantitative estimate of drug-likeness (QED) is 0.444. The van der Waals surface area contributed by atoms with Crippen molar-refractivity contribution in [1.29, 1.82) is 0 Å². The lowest BCUT2D eigenvalue weighted by Gasteiger charge is -2.38. The number of allylic oxidation sites excluding steroid dienone is 2. The Kier molecular flexibility index (Phi) is 8.12. The second kappa shape index (κ2) is 12.0. The molecule has 3 aliphatic heterocycles. The molecule has 1 amide bonds. The van der Waals surface area contributed by atoms with Crippen molar-refractivity contribution in [2.24, 2.45) is 0 Å². The minimum Gasteiger partial charge on any atom is -0.449 e. The van der Waals surface area contributed by atoms with Gasteiger partial charge in [-0.25, -0.2) is 9.78 Å². The summed E-state index contributed by atoms with van der Waals surface area (Å²) < 4.78 is 47.1. The van der Waals surface area contributed by atoms with Crippen LogP contribution in [0.4, 0.5) is 29.7 Å². The number of carboxylic acid groups (broad SMARTS) is 1. The summed E-state index contributed by atoms with van der Waals surface area (Å²) >= 11 is 0. The summed E-state index contributed by atoms with van der Waals surface area (Å²) in [6, 6.07) is 6.50. The molecule has 1 aliphatic carbocycles. The van der Waals surface area contributed by atoms with Crippen LogP contribution in [0.5, 0.6) is 0 Å². The summed E-state index contributed by atoms with van der Waals surface area (Å²) in [5.41, 5.74) is 0.802. The average molecular weight is 613 g/mol. The predicted molar refractivity (Wildman–Crippen MR) is 156 cm³/mol. The molecule has 4 heterocycles. The lowest BCUT2D eigenvalue weighted by molar-refractivity contribution is -0.118. The summed E-state index contributed by atoms with van der Waals surface area (Å²) in [6.07, 6.45) is 2.40. The number of hydrogen-bond donors (Lipinski definition) is 1. The van der Waals surface area contributed by atoms with Crippen molar-refractivity contribution in [3.63, 3.8) is 0 Å². The number of benzene rings is 1. The van der Waals surface area contributed by atoms with Gasteiger partial charge in [0.05, 0.1) is 6.04 Å². The SMILES string of the molecule is CN(C(=O)c1ccc2c(c1)C(N1CC=CC(OC(=O)O)=C1C(F)(F)F)CC2)C1CCN(c2ccnc(N3CCCC3)n2)CC1. The molecule has 234 valence electrons. The van der Waals surface area contributed by atoms with E-state index in [0.29, 0.717) is 24.0 Å². The van der Waals surface area contributed by atoms with Gasteiger partial charge in [-0.15, -0.1) is 0 Å². The van der Waals surface area contributed by atoms with Crippen molar-refractivity contribution in [2.45, 2.75) is 56.8 Å². The zero-order chi connectivity index (χ0) is 31.0. The third-order valence-corrected chi connectivity index (χ3v) is 9.05. The fraction of sp³-hybridized carbons (Fsp3) is 0.484. The van der Waals surface area contributed by atoms with Crippen LogP contribution in [0.3, 0.4) is 0 Å². The van der Waals surface area contributed by atoms with Crippen molar-refractivity contribution in [3.05, 3.63) is 70.8 Å². The Balaban J connectivity index is 1.15. The minimum absolute atomic E-state index is 0.00501. The molecular formula is C31H35F3N6O4. The first kappa shape index (κ1) is 29.8. The summed E-state index contributed by atoms with van der Waals surface area (Å²) in [5.74, 6) is 0.705. The monoisotopic (exact) mass is 612 g/mol. The Morgan fingerprint density at radius 3 is 2.50 bits per heavy atom. The number of anilines is 2.